The van der Waals surface area contributed by atoms with Crippen LogP contribution in [-0.4, -0.2) is 32.0 Å². The van der Waals surface area contributed by atoms with Crippen LogP contribution in [0.15, 0.2) is 12.4 Å². The largest absolute Gasteiger partial charge is 0.369 e. The molecule has 2 aromatic heterocycles. The standard InChI is InChI=1S/C17H27N5O/c1-5-13-12(15(6-2)22(4)20-13)11-19-14-7-10-23-16(14)17-18-8-9-21(17)3/h8-9,14,16,19H,5-7,10-11H2,1-4H3/t14-,16-/m0/s1. The van der Waals surface area contributed by atoms with E-state index in [9.17, 15) is 0 Å². The summed E-state index contributed by atoms with van der Waals surface area (Å²) in [5.41, 5.74) is 3.87. The highest BCUT2D eigenvalue weighted by molar-refractivity contribution is 5.26. The second kappa shape index (κ2) is 6.84. The van der Waals surface area contributed by atoms with Crippen LogP contribution in [0.3, 0.4) is 0 Å². The minimum atomic E-state index is 0.0295. The van der Waals surface area contributed by atoms with Crippen molar-refractivity contribution in [3.63, 3.8) is 0 Å². The van der Waals surface area contributed by atoms with Crippen LogP contribution in [0.1, 0.15) is 49.1 Å². The van der Waals surface area contributed by atoms with Crippen LogP contribution in [0, 0.1) is 0 Å². The highest BCUT2D eigenvalue weighted by Crippen LogP contribution is 2.28. The van der Waals surface area contributed by atoms with E-state index in [0.29, 0.717) is 6.04 Å². The molecule has 23 heavy (non-hydrogen) atoms. The van der Waals surface area contributed by atoms with Gasteiger partial charge in [-0.05, 0) is 19.3 Å². The van der Waals surface area contributed by atoms with Crippen molar-refractivity contribution in [2.45, 2.75) is 51.8 Å². The molecule has 1 aliphatic rings. The molecule has 0 aliphatic carbocycles. The third kappa shape index (κ3) is 3.05. The van der Waals surface area contributed by atoms with Crippen LogP contribution >= 0.6 is 0 Å². The summed E-state index contributed by atoms with van der Waals surface area (Å²) in [5, 5.41) is 8.35. The second-order valence-corrected chi connectivity index (χ2v) is 6.17. The van der Waals surface area contributed by atoms with Gasteiger partial charge in [0.05, 0.1) is 5.69 Å². The van der Waals surface area contributed by atoms with E-state index in [1.807, 2.05) is 35.7 Å². The van der Waals surface area contributed by atoms with Crippen molar-refractivity contribution >= 4 is 0 Å². The Labute approximate surface area is 137 Å². The van der Waals surface area contributed by atoms with E-state index in [2.05, 4.69) is 29.2 Å². The van der Waals surface area contributed by atoms with Gasteiger partial charge in [0, 0.05) is 56.9 Å². The average Bonchev–Trinajstić information content (AvgIpc) is 3.23. The minimum absolute atomic E-state index is 0.0295. The Kier molecular flexibility index (Phi) is 4.82. The van der Waals surface area contributed by atoms with Gasteiger partial charge >= 0.3 is 0 Å². The van der Waals surface area contributed by atoms with Crippen molar-refractivity contribution < 1.29 is 4.74 Å². The first-order valence-corrected chi connectivity index (χ1v) is 8.51. The molecule has 1 N–H and O–H groups in total. The number of hydrogen-bond donors (Lipinski definition) is 1. The molecule has 6 heteroatoms. The lowest BCUT2D eigenvalue weighted by atomic mass is 10.1. The number of imidazole rings is 1. The molecular weight excluding hydrogens is 290 g/mol. The van der Waals surface area contributed by atoms with Crippen LogP contribution in [0.5, 0.6) is 0 Å². The zero-order chi connectivity index (χ0) is 16.4. The van der Waals surface area contributed by atoms with E-state index in [4.69, 9.17) is 4.74 Å². The Morgan fingerprint density at radius 1 is 1.30 bits per heavy atom. The Morgan fingerprint density at radius 3 is 2.78 bits per heavy atom. The average molecular weight is 317 g/mol. The molecule has 1 fully saturated rings. The summed E-state index contributed by atoms with van der Waals surface area (Å²) < 4.78 is 10.0. The Balaban J connectivity index is 1.74. The fraction of sp³-hybridized carbons (Fsp3) is 0.647. The van der Waals surface area contributed by atoms with Crippen LogP contribution in [0.2, 0.25) is 0 Å². The molecule has 0 bridgehead atoms. The van der Waals surface area contributed by atoms with Gasteiger partial charge in [0.15, 0.2) is 0 Å². The first kappa shape index (κ1) is 16.2. The quantitative estimate of drug-likeness (QED) is 0.884. The predicted molar refractivity (Wildman–Crippen MR) is 89.1 cm³/mol. The number of nitrogens with zero attached hydrogens (tertiary/aromatic N) is 4. The topological polar surface area (TPSA) is 56.9 Å². The van der Waals surface area contributed by atoms with Crippen LogP contribution in [0.25, 0.3) is 0 Å². The first-order chi connectivity index (χ1) is 11.2. The number of aromatic nitrogens is 4. The monoisotopic (exact) mass is 317 g/mol. The molecule has 0 amide bonds. The molecule has 0 unspecified atom stereocenters. The molecule has 1 saturated heterocycles. The van der Waals surface area contributed by atoms with Crippen molar-refractivity contribution in [3.8, 4) is 0 Å². The maximum Gasteiger partial charge on any atom is 0.139 e. The van der Waals surface area contributed by atoms with Crippen LogP contribution < -0.4 is 5.32 Å². The zero-order valence-corrected chi connectivity index (χ0v) is 14.5. The van der Waals surface area contributed by atoms with Gasteiger partial charge in [0.1, 0.15) is 11.9 Å². The molecule has 1 aliphatic heterocycles. The van der Waals surface area contributed by atoms with Gasteiger partial charge < -0.3 is 14.6 Å². The van der Waals surface area contributed by atoms with Gasteiger partial charge in [-0.3, -0.25) is 4.68 Å². The fourth-order valence-electron chi connectivity index (χ4n) is 3.53. The van der Waals surface area contributed by atoms with Crippen molar-refractivity contribution in [1.82, 2.24) is 24.6 Å². The second-order valence-electron chi connectivity index (χ2n) is 6.17. The predicted octanol–water partition coefficient (Wildman–Crippen LogP) is 1.90. The van der Waals surface area contributed by atoms with Gasteiger partial charge in [0.2, 0.25) is 0 Å². The van der Waals surface area contributed by atoms with Crippen molar-refractivity contribution in [2.24, 2.45) is 14.1 Å². The molecule has 3 rings (SSSR count). The molecule has 6 nitrogen and oxygen atoms in total. The molecule has 0 spiro atoms. The van der Waals surface area contributed by atoms with Crippen LogP contribution in [0.4, 0.5) is 0 Å². The maximum absolute atomic E-state index is 5.93. The highest BCUT2D eigenvalue weighted by Gasteiger charge is 2.32. The first-order valence-electron chi connectivity index (χ1n) is 8.51. The fourth-order valence-corrected chi connectivity index (χ4v) is 3.53. The maximum atomic E-state index is 5.93. The summed E-state index contributed by atoms with van der Waals surface area (Å²) in [6.45, 7) is 5.98. The third-order valence-electron chi connectivity index (χ3n) is 4.77. The minimum Gasteiger partial charge on any atom is -0.369 e. The molecule has 3 heterocycles. The molecule has 2 aromatic rings. The Bertz CT molecular complexity index is 660. The molecular formula is C17H27N5O. The lowest BCUT2D eigenvalue weighted by Crippen LogP contribution is -2.32. The molecule has 0 aromatic carbocycles. The summed E-state index contributed by atoms with van der Waals surface area (Å²) in [5.74, 6) is 0.998. The Hall–Kier alpha value is -1.66. The van der Waals surface area contributed by atoms with Crippen LogP contribution in [-0.2, 0) is 38.2 Å². The van der Waals surface area contributed by atoms with Crippen molar-refractivity contribution in [1.29, 1.82) is 0 Å². The van der Waals surface area contributed by atoms with E-state index in [1.54, 1.807) is 0 Å². The van der Waals surface area contributed by atoms with E-state index in [-0.39, 0.29) is 6.10 Å². The van der Waals surface area contributed by atoms with Crippen molar-refractivity contribution in [2.75, 3.05) is 6.61 Å². The highest BCUT2D eigenvalue weighted by atomic mass is 16.5. The number of rotatable bonds is 6. The number of ether oxygens (including phenoxy) is 1. The molecule has 2 atom stereocenters. The van der Waals surface area contributed by atoms with Gasteiger partial charge in [-0.1, -0.05) is 13.8 Å². The van der Waals surface area contributed by atoms with E-state index < -0.39 is 0 Å². The normalized spacial score (nSPS) is 21.2. The Morgan fingerprint density at radius 2 is 2.13 bits per heavy atom. The number of aryl methyl sites for hydroxylation is 3. The van der Waals surface area contributed by atoms with E-state index >= 15 is 0 Å². The van der Waals surface area contributed by atoms with Crippen molar-refractivity contribution in [3.05, 3.63) is 35.2 Å². The molecule has 126 valence electrons. The van der Waals surface area contributed by atoms with Gasteiger partial charge in [-0.15, -0.1) is 0 Å². The van der Waals surface area contributed by atoms with Gasteiger partial charge in [-0.25, -0.2) is 4.98 Å². The lowest BCUT2D eigenvalue weighted by Gasteiger charge is -2.20. The van der Waals surface area contributed by atoms with Gasteiger partial charge in [-0.2, -0.15) is 5.10 Å². The number of hydrogen-bond acceptors (Lipinski definition) is 4. The number of nitrogens with one attached hydrogen (secondary N) is 1. The lowest BCUT2D eigenvalue weighted by molar-refractivity contribution is 0.0892. The summed E-state index contributed by atoms with van der Waals surface area (Å²) in [7, 11) is 4.06. The van der Waals surface area contributed by atoms with E-state index in [0.717, 1.165) is 38.2 Å². The smallest absolute Gasteiger partial charge is 0.139 e. The summed E-state index contributed by atoms with van der Waals surface area (Å²) in [6.07, 6.45) is 6.82. The zero-order valence-electron chi connectivity index (χ0n) is 14.5. The van der Waals surface area contributed by atoms with Gasteiger partial charge in [0.25, 0.3) is 0 Å². The molecule has 0 saturated carbocycles. The summed E-state index contributed by atoms with van der Waals surface area (Å²) in [6, 6.07) is 0.297. The molecule has 0 radical (unpaired) electrons. The summed E-state index contributed by atoms with van der Waals surface area (Å²) >= 11 is 0. The summed E-state index contributed by atoms with van der Waals surface area (Å²) in [4.78, 5) is 4.46. The SMILES string of the molecule is CCc1nn(C)c(CC)c1CN[C@H]1CCO[C@@H]1c1nccn1C. The van der Waals surface area contributed by atoms with E-state index in [1.165, 1.54) is 17.0 Å². The third-order valence-corrected chi connectivity index (χ3v) is 4.77.